The Morgan fingerprint density at radius 3 is 2.97 bits per heavy atom. The van der Waals surface area contributed by atoms with E-state index in [0.717, 1.165) is 42.1 Å². The Morgan fingerprint density at radius 2 is 2.17 bits per heavy atom. The third-order valence-corrected chi connectivity index (χ3v) is 4.94. The van der Waals surface area contributed by atoms with Crippen LogP contribution >= 0.6 is 24.0 Å². The molecular formula is C21H27IN6O. The van der Waals surface area contributed by atoms with Crippen molar-refractivity contribution < 1.29 is 4.74 Å². The van der Waals surface area contributed by atoms with E-state index >= 15 is 0 Å². The summed E-state index contributed by atoms with van der Waals surface area (Å²) in [6, 6.07) is 10.2. The first-order valence-corrected chi connectivity index (χ1v) is 9.70. The predicted molar refractivity (Wildman–Crippen MR) is 125 cm³/mol. The topological polar surface area (TPSA) is 67.6 Å². The highest BCUT2D eigenvalue weighted by atomic mass is 127. The van der Waals surface area contributed by atoms with Gasteiger partial charge in [0, 0.05) is 43.5 Å². The van der Waals surface area contributed by atoms with Crippen molar-refractivity contribution in [1.82, 2.24) is 25.0 Å². The highest BCUT2D eigenvalue weighted by Gasteiger charge is 2.25. The highest BCUT2D eigenvalue weighted by molar-refractivity contribution is 14.0. The van der Waals surface area contributed by atoms with Crippen molar-refractivity contribution >= 4 is 40.8 Å². The molecule has 1 N–H and O–H groups in total. The Labute approximate surface area is 188 Å². The van der Waals surface area contributed by atoms with Gasteiger partial charge in [-0.15, -0.1) is 24.0 Å². The Hall–Kier alpha value is -2.20. The largest absolute Gasteiger partial charge is 0.370 e. The first kappa shape index (κ1) is 21.5. The molecular weight excluding hydrogens is 479 g/mol. The number of fused-ring (bicyclic) bond motifs is 1. The molecule has 154 valence electrons. The predicted octanol–water partition coefficient (Wildman–Crippen LogP) is 3.13. The van der Waals surface area contributed by atoms with Crippen molar-refractivity contribution in [2.45, 2.75) is 19.6 Å². The zero-order chi connectivity index (χ0) is 19.3. The molecule has 1 aromatic carbocycles. The van der Waals surface area contributed by atoms with Crippen LogP contribution in [-0.2, 0) is 18.3 Å². The van der Waals surface area contributed by atoms with Crippen LogP contribution in [0.4, 0.5) is 0 Å². The van der Waals surface area contributed by atoms with Gasteiger partial charge in [-0.05, 0) is 24.6 Å². The average molecular weight is 506 g/mol. The number of morpholine rings is 1. The minimum Gasteiger partial charge on any atom is -0.370 e. The molecule has 1 aliphatic heterocycles. The number of benzene rings is 1. The van der Waals surface area contributed by atoms with E-state index in [-0.39, 0.29) is 30.1 Å². The number of hydrogen-bond acceptors (Lipinski definition) is 4. The number of rotatable bonds is 4. The number of pyridine rings is 1. The molecule has 7 nitrogen and oxygen atoms in total. The molecule has 29 heavy (non-hydrogen) atoms. The second kappa shape index (κ2) is 10.0. The maximum atomic E-state index is 5.97. The summed E-state index contributed by atoms with van der Waals surface area (Å²) in [7, 11) is 1.93. The fourth-order valence-electron chi connectivity index (χ4n) is 3.53. The molecule has 0 amide bonds. The van der Waals surface area contributed by atoms with Gasteiger partial charge in [-0.25, -0.2) is 4.99 Å². The van der Waals surface area contributed by atoms with Crippen molar-refractivity contribution in [2.75, 3.05) is 26.2 Å². The number of aliphatic imine (C=N–C) groups is 1. The summed E-state index contributed by atoms with van der Waals surface area (Å²) >= 11 is 0. The number of guanidine groups is 1. The maximum Gasteiger partial charge on any atom is 0.194 e. The van der Waals surface area contributed by atoms with E-state index in [1.54, 1.807) is 0 Å². The van der Waals surface area contributed by atoms with Gasteiger partial charge in [0.1, 0.15) is 6.10 Å². The lowest BCUT2D eigenvalue weighted by Crippen LogP contribution is -2.48. The third-order valence-electron chi connectivity index (χ3n) is 4.94. The number of aryl methyl sites for hydroxylation is 1. The lowest BCUT2D eigenvalue weighted by molar-refractivity contribution is -0.00805. The van der Waals surface area contributed by atoms with Gasteiger partial charge in [0.25, 0.3) is 0 Å². The summed E-state index contributed by atoms with van der Waals surface area (Å²) < 4.78 is 7.78. The van der Waals surface area contributed by atoms with Crippen LogP contribution in [0.3, 0.4) is 0 Å². The molecule has 1 aliphatic rings. The van der Waals surface area contributed by atoms with Gasteiger partial charge in [-0.2, -0.15) is 5.10 Å². The van der Waals surface area contributed by atoms with E-state index in [4.69, 9.17) is 9.73 Å². The molecule has 1 atom stereocenters. The summed E-state index contributed by atoms with van der Waals surface area (Å²) in [6.07, 6.45) is 5.75. The van der Waals surface area contributed by atoms with Crippen molar-refractivity contribution in [1.29, 1.82) is 0 Å². The lowest BCUT2D eigenvalue weighted by atomic mass is 10.1. The molecule has 1 unspecified atom stereocenters. The number of nitrogens with zero attached hydrogens (tertiary/aromatic N) is 5. The minimum atomic E-state index is 0. The summed E-state index contributed by atoms with van der Waals surface area (Å²) in [5.74, 6) is 0.917. The van der Waals surface area contributed by atoms with Gasteiger partial charge in [0.05, 0.1) is 31.4 Å². The zero-order valence-corrected chi connectivity index (χ0v) is 19.1. The Balaban J connectivity index is 0.00000240. The molecule has 4 rings (SSSR count). The molecule has 0 radical (unpaired) electrons. The molecule has 1 fully saturated rings. The number of ether oxygens (including phenoxy) is 1. The van der Waals surface area contributed by atoms with Crippen LogP contribution in [-0.4, -0.2) is 51.9 Å². The molecule has 8 heteroatoms. The number of halogens is 1. The van der Waals surface area contributed by atoms with Crippen LogP contribution < -0.4 is 5.32 Å². The number of nitrogens with one attached hydrogen (secondary N) is 1. The van der Waals surface area contributed by atoms with Crippen LogP contribution in [0.15, 0.2) is 53.9 Å². The fraction of sp³-hybridized carbons (Fsp3) is 0.381. The van der Waals surface area contributed by atoms with Crippen LogP contribution in [0.25, 0.3) is 10.9 Å². The van der Waals surface area contributed by atoms with Crippen molar-refractivity contribution in [3.63, 3.8) is 0 Å². The number of aromatic nitrogens is 3. The fourth-order valence-corrected chi connectivity index (χ4v) is 3.53. The highest BCUT2D eigenvalue weighted by Crippen LogP contribution is 2.22. The second-order valence-corrected chi connectivity index (χ2v) is 6.91. The van der Waals surface area contributed by atoms with Crippen molar-refractivity contribution in [3.8, 4) is 0 Å². The average Bonchev–Trinajstić information content (AvgIpc) is 3.17. The molecule has 0 bridgehead atoms. The van der Waals surface area contributed by atoms with Gasteiger partial charge in [-0.3, -0.25) is 9.67 Å². The van der Waals surface area contributed by atoms with Crippen LogP contribution in [0, 0.1) is 0 Å². The minimum absolute atomic E-state index is 0. The summed E-state index contributed by atoms with van der Waals surface area (Å²) in [6.45, 7) is 5.78. The molecule has 0 saturated carbocycles. The second-order valence-electron chi connectivity index (χ2n) is 6.91. The van der Waals surface area contributed by atoms with Crippen molar-refractivity contribution in [3.05, 3.63) is 60.0 Å². The van der Waals surface area contributed by atoms with Gasteiger partial charge < -0.3 is 15.0 Å². The quantitative estimate of drug-likeness (QED) is 0.335. The van der Waals surface area contributed by atoms with Crippen LogP contribution in [0.2, 0.25) is 0 Å². The van der Waals surface area contributed by atoms with Crippen LogP contribution in [0.1, 0.15) is 24.2 Å². The Morgan fingerprint density at radius 1 is 1.31 bits per heavy atom. The zero-order valence-electron chi connectivity index (χ0n) is 16.8. The molecule has 3 aromatic rings. The van der Waals surface area contributed by atoms with E-state index in [1.165, 1.54) is 5.56 Å². The molecule has 0 spiro atoms. The van der Waals surface area contributed by atoms with E-state index in [9.17, 15) is 0 Å². The first-order chi connectivity index (χ1) is 13.7. The van der Waals surface area contributed by atoms with Crippen molar-refractivity contribution in [2.24, 2.45) is 12.0 Å². The standard InChI is InChI=1S/C21H26N6O.HI/c1-3-22-21(24-12-16-8-9-23-19-7-5-4-6-18(16)19)27-10-11-28-20(15-27)17-13-25-26(2)14-17;/h4-9,13-14,20H,3,10-12,15H2,1-2H3,(H,22,24);1H. The summed E-state index contributed by atoms with van der Waals surface area (Å²) in [5.41, 5.74) is 3.28. The monoisotopic (exact) mass is 506 g/mol. The third kappa shape index (κ3) is 5.05. The van der Waals surface area contributed by atoms with Gasteiger partial charge in [0.2, 0.25) is 0 Å². The number of para-hydroxylation sites is 1. The summed E-state index contributed by atoms with van der Waals surface area (Å²) in [4.78, 5) is 11.6. The molecule has 1 saturated heterocycles. The van der Waals surface area contributed by atoms with E-state index in [0.29, 0.717) is 13.2 Å². The first-order valence-electron chi connectivity index (χ1n) is 9.70. The van der Waals surface area contributed by atoms with E-state index in [1.807, 2.05) is 54.6 Å². The van der Waals surface area contributed by atoms with E-state index < -0.39 is 0 Å². The smallest absolute Gasteiger partial charge is 0.194 e. The molecule has 2 aromatic heterocycles. The SMILES string of the molecule is CCNC(=NCc1ccnc2ccccc12)N1CCOC(c2cnn(C)c2)C1.I. The Kier molecular flexibility index (Phi) is 7.43. The normalized spacial score (nSPS) is 17.2. The van der Waals surface area contributed by atoms with Gasteiger partial charge >= 0.3 is 0 Å². The number of hydrogen-bond donors (Lipinski definition) is 1. The molecule has 3 heterocycles. The van der Waals surface area contributed by atoms with Gasteiger partial charge in [0.15, 0.2) is 5.96 Å². The summed E-state index contributed by atoms with van der Waals surface area (Å²) in [5, 5.41) is 8.85. The van der Waals surface area contributed by atoms with Crippen LogP contribution in [0.5, 0.6) is 0 Å². The lowest BCUT2D eigenvalue weighted by Gasteiger charge is -2.34. The maximum absolute atomic E-state index is 5.97. The van der Waals surface area contributed by atoms with E-state index in [2.05, 4.69) is 33.3 Å². The molecule has 0 aliphatic carbocycles. The Bertz CT molecular complexity index is 967. The van der Waals surface area contributed by atoms with Gasteiger partial charge in [-0.1, -0.05) is 18.2 Å².